The van der Waals surface area contributed by atoms with Crippen LogP contribution in [0, 0.1) is 6.92 Å². The average molecular weight is 289 g/mol. The van der Waals surface area contributed by atoms with Crippen molar-refractivity contribution in [3.05, 3.63) is 59.7 Å². The Hall–Kier alpha value is -1.81. The predicted molar refractivity (Wildman–Crippen MR) is 82.8 cm³/mol. The van der Waals surface area contributed by atoms with Crippen LogP contribution < -0.4 is 5.32 Å². The van der Waals surface area contributed by atoms with Gasteiger partial charge in [-0.3, -0.25) is 0 Å². The highest BCUT2D eigenvalue weighted by Crippen LogP contribution is 2.21. The molecule has 0 radical (unpaired) electrons. The molecule has 0 saturated heterocycles. The lowest BCUT2D eigenvalue weighted by Crippen LogP contribution is -2.07. The third-order valence-electron chi connectivity index (χ3n) is 3.22. The highest BCUT2D eigenvalue weighted by atomic mass is 32.2. The molecule has 2 rings (SSSR count). The Morgan fingerprint density at radius 3 is 2.30 bits per heavy atom. The van der Waals surface area contributed by atoms with Gasteiger partial charge in [0.05, 0.1) is 4.90 Å². The van der Waals surface area contributed by atoms with E-state index in [9.17, 15) is 8.42 Å². The molecule has 0 aliphatic heterocycles. The Labute approximate surface area is 120 Å². The van der Waals surface area contributed by atoms with E-state index in [0.717, 1.165) is 5.69 Å². The van der Waals surface area contributed by atoms with Crippen LogP contribution in [-0.2, 0) is 9.84 Å². The maximum atomic E-state index is 11.6. The number of aryl methyl sites for hydroxylation is 1. The molecule has 1 N–H and O–H groups in total. The van der Waals surface area contributed by atoms with E-state index in [4.69, 9.17) is 0 Å². The van der Waals surface area contributed by atoms with Crippen molar-refractivity contribution in [1.82, 2.24) is 0 Å². The number of rotatable bonds is 4. The number of benzene rings is 2. The van der Waals surface area contributed by atoms with Crippen molar-refractivity contribution in [3.63, 3.8) is 0 Å². The summed E-state index contributed by atoms with van der Waals surface area (Å²) < 4.78 is 23.1. The van der Waals surface area contributed by atoms with Crippen molar-refractivity contribution in [2.24, 2.45) is 0 Å². The largest absolute Gasteiger partial charge is 0.378 e. The van der Waals surface area contributed by atoms with Gasteiger partial charge < -0.3 is 5.32 Å². The molecular formula is C16H19NO2S. The number of sulfone groups is 1. The lowest BCUT2D eigenvalue weighted by molar-refractivity contribution is 0.602. The van der Waals surface area contributed by atoms with Crippen molar-refractivity contribution in [2.45, 2.75) is 24.8 Å². The topological polar surface area (TPSA) is 46.2 Å². The number of hydrogen-bond acceptors (Lipinski definition) is 3. The van der Waals surface area contributed by atoms with Gasteiger partial charge in [0.15, 0.2) is 9.84 Å². The standard InChI is InChI=1S/C16H19NO2S/c1-12-7-9-14(10-8-12)13(2)17-15-5-4-6-16(11-15)20(3,18)19/h4-11,13,17H,1-3H3. The first kappa shape index (κ1) is 14.6. The first-order valence-corrected chi connectivity index (χ1v) is 8.38. The molecule has 0 aromatic heterocycles. The summed E-state index contributed by atoms with van der Waals surface area (Å²) in [6.45, 7) is 4.11. The molecule has 106 valence electrons. The molecular weight excluding hydrogens is 270 g/mol. The maximum Gasteiger partial charge on any atom is 0.175 e. The zero-order valence-electron chi connectivity index (χ0n) is 11.9. The maximum absolute atomic E-state index is 11.6. The second-order valence-electron chi connectivity index (χ2n) is 5.08. The van der Waals surface area contributed by atoms with Crippen LogP contribution in [0.25, 0.3) is 0 Å². The zero-order valence-corrected chi connectivity index (χ0v) is 12.7. The van der Waals surface area contributed by atoms with E-state index in [2.05, 4.69) is 43.4 Å². The van der Waals surface area contributed by atoms with Gasteiger partial charge in [0.25, 0.3) is 0 Å². The molecule has 0 aliphatic rings. The molecule has 1 unspecified atom stereocenters. The summed E-state index contributed by atoms with van der Waals surface area (Å²) in [6, 6.07) is 15.3. The Kier molecular flexibility index (Phi) is 4.14. The van der Waals surface area contributed by atoms with Gasteiger partial charge in [-0.2, -0.15) is 0 Å². The number of nitrogens with one attached hydrogen (secondary N) is 1. The third-order valence-corrected chi connectivity index (χ3v) is 4.33. The summed E-state index contributed by atoms with van der Waals surface area (Å²) in [5.41, 5.74) is 3.20. The van der Waals surface area contributed by atoms with E-state index in [0.29, 0.717) is 4.90 Å². The molecule has 0 amide bonds. The zero-order chi connectivity index (χ0) is 14.8. The molecule has 0 fully saturated rings. The molecule has 1 atom stereocenters. The van der Waals surface area contributed by atoms with Crippen molar-refractivity contribution >= 4 is 15.5 Å². The van der Waals surface area contributed by atoms with Crippen LogP contribution in [0.5, 0.6) is 0 Å². The van der Waals surface area contributed by atoms with Gasteiger partial charge in [0.1, 0.15) is 0 Å². The highest BCUT2D eigenvalue weighted by molar-refractivity contribution is 7.90. The fourth-order valence-corrected chi connectivity index (χ4v) is 2.67. The second-order valence-corrected chi connectivity index (χ2v) is 7.09. The van der Waals surface area contributed by atoms with Crippen LogP contribution in [-0.4, -0.2) is 14.7 Å². The van der Waals surface area contributed by atoms with Crippen molar-refractivity contribution in [3.8, 4) is 0 Å². The minimum absolute atomic E-state index is 0.116. The fraction of sp³-hybridized carbons (Fsp3) is 0.250. The fourth-order valence-electron chi connectivity index (χ4n) is 2.00. The summed E-state index contributed by atoms with van der Waals surface area (Å²) in [5.74, 6) is 0. The molecule has 0 saturated carbocycles. The number of anilines is 1. The van der Waals surface area contributed by atoms with Crippen LogP contribution in [0.3, 0.4) is 0 Å². The van der Waals surface area contributed by atoms with Crippen LogP contribution in [0.4, 0.5) is 5.69 Å². The molecule has 0 bridgehead atoms. The molecule has 0 aliphatic carbocycles. The highest BCUT2D eigenvalue weighted by Gasteiger charge is 2.09. The molecule has 4 heteroatoms. The lowest BCUT2D eigenvalue weighted by atomic mass is 10.1. The van der Waals surface area contributed by atoms with Gasteiger partial charge >= 0.3 is 0 Å². The molecule has 3 nitrogen and oxygen atoms in total. The molecule has 20 heavy (non-hydrogen) atoms. The van der Waals surface area contributed by atoms with Crippen molar-refractivity contribution in [1.29, 1.82) is 0 Å². The summed E-state index contributed by atoms with van der Waals surface area (Å²) in [5, 5.41) is 3.33. The van der Waals surface area contributed by atoms with Gasteiger partial charge in [-0.25, -0.2) is 8.42 Å². The lowest BCUT2D eigenvalue weighted by Gasteiger charge is -2.16. The summed E-state index contributed by atoms with van der Waals surface area (Å²) >= 11 is 0. The Morgan fingerprint density at radius 2 is 1.70 bits per heavy atom. The first-order chi connectivity index (χ1) is 9.36. The van der Waals surface area contributed by atoms with Gasteiger partial charge in [0, 0.05) is 18.0 Å². The van der Waals surface area contributed by atoms with E-state index in [1.54, 1.807) is 18.2 Å². The molecule has 2 aromatic rings. The minimum Gasteiger partial charge on any atom is -0.378 e. The molecule has 2 aromatic carbocycles. The van der Waals surface area contributed by atoms with E-state index >= 15 is 0 Å². The Balaban J connectivity index is 2.20. The van der Waals surface area contributed by atoms with Crippen molar-refractivity contribution in [2.75, 3.05) is 11.6 Å². The Bertz CT molecular complexity index is 691. The quantitative estimate of drug-likeness (QED) is 0.936. The number of hydrogen-bond donors (Lipinski definition) is 1. The molecule has 0 heterocycles. The van der Waals surface area contributed by atoms with Crippen LogP contribution in [0.15, 0.2) is 53.4 Å². The van der Waals surface area contributed by atoms with E-state index in [1.807, 2.05) is 6.07 Å². The summed E-state index contributed by atoms with van der Waals surface area (Å²) in [6.07, 6.45) is 1.22. The van der Waals surface area contributed by atoms with Gasteiger partial charge in [-0.1, -0.05) is 35.9 Å². The van der Waals surface area contributed by atoms with Gasteiger partial charge in [0.2, 0.25) is 0 Å². The first-order valence-electron chi connectivity index (χ1n) is 6.49. The second kappa shape index (κ2) is 5.67. The summed E-state index contributed by atoms with van der Waals surface area (Å²) in [4.78, 5) is 0.332. The molecule has 0 spiro atoms. The minimum atomic E-state index is -3.17. The van der Waals surface area contributed by atoms with Crippen LogP contribution in [0.2, 0.25) is 0 Å². The van der Waals surface area contributed by atoms with Crippen LogP contribution in [0.1, 0.15) is 24.1 Å². The van der Waals surface area contributed by atoms with Crippen molar-refractivity contribution < 1.29 is 8.42 Å². The predicted octanol–water partition coefficient (Wildman–Crippen LogP) is 3.57. The Morgan fingerprint density at radius 1 is 1.05 bits per heavy atom. The van der Waals surface area contributed by atoms with E-state index in [-0.39, 0.29) is 6.04 Å². The average Bonchev–Trinajstić information content (AvgIpc) is 2.38. The van der Waals surface area contributed by atoms with Gasteiger partial charge in [-0.05, 0) is 37.6 Å². The van der Waals surface area contributed by atoms with Crippen LogP contribution >= 0.6 is 0 Å². The summed E-state index contributed by atoms with van der Waals surface area (Å²) in [7, 11) is -3.17. The SMILES string of the molecule is Cc1ccc(C(C)Nc2cccc(S(C)(=O)=O)c2)cc1. The van der Waals surface area contributed by atoms with E-state index < -0.39 is 9.84 Å². The smallest absolute Gasteiger partial charge is 0.175 e. The monoisotopic (exact) mass is 289 g/mol. The van der Waals surface area contributed by atoms with Gasteiger partial charge in [-0.15, -0.1) is 0 Å². The van der Waals surface area contributed by atoms with E-state index in [1.165, 1.54) is 17.4 Å². The normalized spacial score (nSPS) is 12.9. The third kappa shape index (κ3) is 3.61.